The van der Waals surface area contributed by atoms with Crippen LogP contribution < -0.4 is 15.0 Å². The van der Waals surface area contributed by atoms with Crippen LogP contribution in [0.25, 0.3) is 0 Å². The van der Waals surface area contributed by atoms with E-state index in [9.17, 15) is 4.79 Å². The fourth-order valence-electron chi connectivity index (χ4n) is 4.14. The van der Waals surface area contributed by atoms with Crippen LogP contribution in [0.5, 0.6) is 5.75 Å². The van der Waals surface area contributed by atoms with Gasteiger partial charge in [-0.3, -0.25) is 4.79 Å². The average Bonchev–Trinajstić information content (AvgIpc) is 3.55. The minimum Gasteiger partial charge on any atom is -0.496 e. The molecule has 1 aliphatic carbocycles. The summed E-state index contributed by atoms with van der Waals surface area (Å²) in [6.45, 7) is 7.70. The van der Waals surface area contributed by atoms with E-state index in [0.29, 0.717) is 13.1 Å². The summed E-state index contributed by atoms with van der Waals surface area (Å²) < 4.78 is 5.52. The molecule has 154 valence electrons. The predicted octanol–water partition coefficient (Wildman–Crippen LogP) is 2.61. The second-order valence-electron chi connectivity index (χ2n) is 7.79. The summed E-state index contributed by atoms with van der Waals surface area (Å²) in [6, 6.07) is 9.86. The molecule has 1 saturated heterocycles. The maximum absolute atomic E-state index is 13.4. The van der Waals surface area contributed by atoms with Gasteiger partial charge >= 0.3 is 0 Å². The molecule has 0 unspecified atom stereocenters. The first-order valence-electron chi connectivity index (χ1n) is 10.3. The molecule has 29 heavy (non-hydrogen) atoms. The first kappa shape index (κ1) is 19.5. The van der Waals surface area contributed by atoms with Crippen LogP contribution in [0.15, 0.2) is 30.3 Å². The highest BCUT2D eigenvalue weighted by Crippen LogP contribution is 2.52. The van der Waals surface area contributed by atoms with Crippen molar-refractivity contribution >= 4 is 17.7 Å². The summed E-state index contributed by atoms with van der Waals surface area (Å²) in [4.78, 5) is 26.8. The molecule has 2 aromatic rings. The average molecular weight is 396 g/mol. The molecule has 1 aliphatic heterocycles. The van der Waals surface area contributed by atoms with E-state index < -0.39 is 5.41 Å². The Morgan fingerprint density at radius 3 is 2.55 bits per heavy atom. The fraction of sp³-hybridized carbons (Fsp3) is 0.500. The molecule has 1 aromatic carbocycles. The number of anilines is 2. The Labute approximate surface area is 172 Å². The molecule has 2 aliphatic rings. The van der Waals surface area contributed by atoms with Crippen LogP contribution in [-0.2, 0) is 10.2 Å². The third-order valence-electron chi connectivity index (χ3n) is 5.83. The Balaban J connectivity index is 1.46. The summed E-state index contributed by atoms with van der Waals surface area (Å²) >= 11 is 0. The number of carbonyl (C=O) groups is 1. The number of ether oxygens (including phenoxy) is 1. The number of piperazine rings is 1. The normalized spacial score (nSPS) is 17.8. The lowest BCUT2D eigenvalue weighted by molar-refractivity contribution is -0.134. The molecule has 7 heteroatoms. The lowest BCUT2D eigenvalue weighted by Crippen LogP contribution is -2.52. The van der Waals surface area contributed by atoms with Crippen molar-refractivity contribution in [2.75, 3.05) is 50.1 Å². The van der Waals surface area contributed by atoms with Crippen LogP contribution in [-0.4, -0.2) is 60.6 Å². The van der Waals surface area contributed by atoms with Crippen molar-refractivity contribution in [1.82, 2.24) is 14.9 Å². The van der Waals surface area contributed by atoms with Crippen molar-refractivity contribution < 1.29 is 9.53 Å². The molecular weight excluding hydrogens is 366 g/mol. The third-order valence-corrected chi connectivity index (χ3v) is 5.83. The zero-order chi connectivity index (χ0) is 20.4. The minimum absolute atomic E-state index is 0.222. The number of aryl methyl sites for hydroxylation is 1. The largest absolute Gasteiger partial charge is 0.496 e. The summed E-state index contributed by atoms with van der Waals surface area (Å²) in [7, 11) is 1.67. The topological polar surface area (TPSA) is 70.6 Å². The summed E-state index contributed by atoms with van der Waals surface area (Å²) in [5.41, 5.74) is 1.55. The zero-order valence-electron chi connectivity index (χ0n) is 17.4. The molecule has 1 amide bonds. The number of rotatable bonds is 6. The lowest BCUT2D eigenvalue weighted by Gasteiger charge is -2.37. The van der Waals surface area contributed by atoms with E-state index in [2.05, 4.69) is 27.1 Å². The third kappa shape index (κ3) is 3.73. The smallest absolute Gasteiger partial charge is 0.233 e. The molecule has 0 bridgehead atoms. The Morgan fingerprint density at radius 2 is 1.90 bits per heavy atom. The van der Waals surface area contributed by atoms with Gasteiger partial charge in [-0.15, -0.1) is 0 Å². The van der Waals surface area contributed by atoms with Crippen molar-refractivity contribution in [2.24, 2.45) is 0 Å². The first-order valence-corrected chi connectivity index (χ1v) is 10.3. The molecule has 2 heterocycles. The molecule has 0 radical (unpaired) electrons. The number of para-hydroxylation sites is 1. The van der Waals surface area contributed by atoms with E-state index in [0.717, 1.165) is 61.2 Å². The molecule has 1 N–H and O–H groups in total. The van der Waals surface area contributed by atoms with E-state index in [-0.39, 0.29) is 5.91 Å². The number of nitrogens with one attached hydrogen (secondary N) is 1. The van der Waals surface area contributed by atoms with Crippen LogP contribution >= 0.6 is 0 Å². The van der Waals surface area contributed by atoms with Gasteiger partial charge in [0.2, 0.25) is 11.9 Å². The van der Waals surface area contributed by atoms with Crippen LogP contribution in [0.1, 0.15) is 31.0 Å². The Bertz CT molecular complexity index is 889. The second-order valence-corrected chi connectivity index (χ2v) is 7.79. The van der Waals surface area contributed by atoms with Gasteiger partial charge in [0.05, 0.1) is 12.5 Å². The van der Waals surface area contributed by atoms with Crippen molar-refractivity contribution in [3.63, 3.8) is 0 Å². The Morgan fingerprint density at radius 1 is 1.17 bits per heavy atom. The van der Waals surface area contributed by atoms with E-state index >= 15 is 0 Å². The standard InChI is InChI=1S/C22H29N5O2/c1-4-23-19-15-16(2)24-21(25-19)27-13-11-26(12-14-27)20(28)22(9-10-22)17-7-5-6-8-18(17)29-3/h5-8,15H,4,9-14H2,1-3H3,(H,23,24,25). The summed E-state index contributed by atoms with van der Waals surface area (Å²) in [6.07, 6.45) is 1.78. The van der Waals surface area contributed by atoms with Gasteiger partial charge in [0.25, 0.3) is 0 Å². The van der Waals surface area contributed by atoms with E-state index in [1.807, 2.05) is 42.2 Å². The van der Waals surface area contributed by atoms with Crippen molar-refractivity contribution in [1.29, 1.82) is 0 Å². The molecular formula is C22H29N5O2. The van der Waals surface area contributed by atoms with Crippen LogP contribution in [0, 0.1) is 6.92 Å². The van der Waals surface area contributed by atoms with Gasteiger partial charge in [0.1, 0.15) is 11.6 Å². The lowest BCUT2D eigenvalue weighted by atomic mass is 9.93. The highest BCUT2D eigenvalue weighted by Gasteiger charge is 2.54. The number of hydrogen-bond donors (Lipinski definition) is 1. The molecule has 0 atom stereocenters. The molecule has 1 saturated carbocycles. The van der Waals surface area contributed by atoms with Crippen LogP contribution in [0.2, 0.25) is 0 Å². The van der Waals surface area contributed by atoms with Crippen LogP contribution in [0.4, 0.5) is 11.8 Å². The maximum Gasteiger partial charge on any atom is 0.233 e. The number of methoxy groups -OCH3 is 1. The Hall–Kier alpha value is -2.83. The summed E-state index contributed by atoms with van der Waals surface area (Å²) in [5.74, 6) is 2.61. The van der Waals surface area contributed by atoms with Gasteiger partial charge in [-0.2, -0.15) is 4.98 Å². The van der Waals surface area contributed by atoms with Crippen molar-refractivity contribution in [3.8, 4) is 5.75 Å². The Kier molecular flexibility index (Phi) is 5.30. The van der Waals surface area contributed by atoms with Gasteiger partial charge < -0.3 is 19.9 Å². The maximum atomic E-state index is 13.4. The molecule has 2 fully saturated rings. The quantitative estimate of drug-likeness (QED) is 0.811. The fourth-order valence-corrected chi connectivity index (χ4v) is 4.14. The zero-order valence-corrected chi connectivity index (χ0v) is 17.4. The highest BCUT2D eigenvalue weighted by atomic mass is 16.5. The van der Waals surface area contributed by atoms with E-state index in [1.165, 1.54) is 0 Å². The molecule has 7 nitrogen and oxygen atoms in total. The number of hydrogen-bond acceptors (Lipinski definition) is 6. The molecule has 4 rings (SSSR count). The number of amides is 1. The van der Waals surface area contributed by atoms with Gasteiger partial charge in [0, 0.05) is 50.0 Å². The predicted molar refractivity (Wildman–Crippen MR) is 114 cm³/mol. The van der Waals surface area contributed by atoms with Gasteiger partial charge in [-0.1, -0.05) is 18.2 Å². The second kappa shape index (κ2) is 7.89. The number of benzene rings is 1. The minimum atomic E-state index is -0.410. The SMILES string of the molecule is CCNc1cc(C)nc(N2CCN(C(=O)C3(c4ccccc4OC)CC3)CC2)n1. The van der Waals surface area contributed by atoms with Crippen LogP contribution in [0.3, 0.4) is 0 Å². The number of nitrogens with zero attached hydrogens (tertiary/aromatic N) is 4. The number of aromatic nitrogens is 2. The van der Waals surface area contributed by atoms with E-state index in [1.54, 1.807) is 7.11 Å². The van der Waals surface area contributed by atoms with Gasteiger partial charge in [-0.05, 0) is 32.8 Å². The first-order chi connectivity index (χ1) is 14.1. The van der Waals surface area contributed by atoms with E-state index in [4.69, 9.17) is 4.74 Å². The van der Waals surface area contributed by atoms with Crippen molar-refractivity contribution in [2.45, 2.75) is 32.1 Å². The van der Waals surface area contributed by atoms with Crippen molar-refractivity contribution in [3.05, 3.63) is 41.6 Å². The number of carbonyl (C=O) groups excluding carboxylic acids is 1. The highest BCUT2D eigenvalue weighted by molar-refractivity contribution is 5.92. The molecule has 0 spiro atoms. The monoisotopic (exact) mass is 395 g/mol. The van der Waals surface area contributed by atoms with Gasteiger partial charge in [-0.25, -0.2) is 4.98 Å². The van der Waals surface area contributed by atoms with Gasteiger partial charge in [0.15, 0.2) is 0 Å². The summed E-state index contributed by atoms with van der Waals surface area (Å²) in [5, 5.41) is 3.26. The molecule has 1 aromatic heterocycles.